The summed E-state index contributed by atoms with van der Waals surface area (Å²) in [5.41, 5.74) is 1.19. The number of thiophene rings is 1. The van der Waals surface area contributed by atoms with Crippen LogP contribution in [0.15, 0.2) is 16.8 Å². The Hall–Kier alpha value is -1.03. The van der Waals surface area contributed by atoms with E-state index in [0.717, 1.165) is 19.4 Å². The number of urea groups is 1. The van der Waals surface area contributed by atoms with E-state index in [0.29, 0.717) is 6.54 Å². The molecule has 0 aromatic carbocycles. The lowest BCUT2D eigenvalue weighted by Gasteiger charge is -2.17. The van der Waals surface area contributed by atoms with Crippen LogP contribution in [0.25, 0.3) is 0 Å². The van der Waals surface area contributed by atoms with Gasteiger partial charge in [0.25, 0.3) is 0 Å². The molecule has 1 rings (SSSR count). The van der Waals surface area contributed by atoms with Gasteiger partial charge in [-0.25, -0.2) is 4.79 Å². The molecule has 0 aliphatic rings. The van der Waals surface area contributed by atoms with Gasteiger partial charge >= 0.3 is 6.03 Å². The Labute approximate surface area is 95.1 Å². The first-order valence-electron chi connectivity index (χ1n) is 5.24. The van der Waals surface area contributed by atoms with Gasteiger partial charge in [-0.05, 0) is 28.8 Å². The van der Waals surface area contributed by atoms with Crippen LogP contribution in [0.1, 0.15) is 25.3 Å². The molecule has 1 aromatic rings. The maximum atomic E-state index is 11.6. The summed E-state index contributed by atoms with van der Waals surface area (Å²) in [6.07, 6.45) is 2.15. The molecule has 1 aromatic heterocycles. The van der Waals surface area contributed by atoms with Gasteiger partial charge in [-0.3, -0.25) is 0 Å². The van der Waals surface area contributed by atoms with E-state index >= 15 is 0 Å². The number of hydrogen-bond acceptors (Lipinski definition) is 2. The fourth-order valence-corrected chi connectivity index (χ4v) is 1.90. The maximum absolute atomic E-state index is 11.6. The minimum atomic E-state index is 0.00894. The minimum absolute atomic E-state index is 0.00894. The number of amides is 2. The summed E-state index contributed by atoms with van der Waals surface area (Å²) in [4.78, 5) is 13.3. The third-order valence-electron chi connectivity index (χ3n) is 2.15. The van der Waals surface area contributed by atoms with Crippen LogP contribution in [0, 0.1) is 0 Å². The van der Waals surface area contributed by atoms with Gasteiger partial charge in [0.15, 0.2) is 0 Å². The highest BCUT2D eigenvalue weighted by atomic mass is 32.1. The van der Waals surface area contributed by atoms with Crippen LogP contribution in [-0.4, -0.2) is 24.5 Å². The Morgan fingerprint density at radius 3 is 3.00 bits per heavy atom. The topological polar surface area (TPSA) is 32.3 Å². The first-order valence-corrected chi connectivity index (χ1v) is 6.18. The monoisotopic (exact) mass is 226 g/mol. The second-order valence-electron chi connectivity index (χ2n) is 3.57. The molecule has 0 saturated carbocycles. The van der Waals surface area contributed by atoms with Crippen molar-refractivity contribution >= 4 is 17.4 Å². The highest BCUT2D eigenvalue weighted by molar-refractivity contribution is 7.07. The lowest BCUT2D eigenvalue weighted by atomic mass is 10.3. The van der Waals surface area contributed by atoms with E-state index in [9.17, 15) is 4.79 Å². The smallest absolute Gasteiger partial charge is 0.317 e. The minimum Gasteiger partial charge on any atom is -0.338 e. The van der Waals surface area contributed by atoms with Gasteiger partial charge in [-0.2, -0.15) is 11.3 Å². The zero-order chi connectivity index (χ0) is 11.1. The van der Waals surface area contributed by atoms with Crippen LogP contribution in [0.2, 0.25) is 0 Å². The lowest BCUT2D eigenvalue weighted by molar-refractivity contribution is 0.207. The number of nitrogens with zero attached hydrogens (tertiary/aromatic N) is 1. The molecule has 0 aliphatic heterocycles. The van der Waals surface area contributed by atoms with E-state index in [1.54, 1.807) is 16.2 Å². The van der Waals surface area contributed by atoms with Gasteiger partial charge in [0, 0.05) is 20.1 Å². The van der Waals surface area contributed by atoms with Crippen molar-refractivity contribution in [3.05, 3.63) is 22.4 Å². The van der Waals surface area contributed by atoms with E-state index in [1.807, 2.05) is 18.5 Å². The van der Waals surface area contributed by atoms with Crippen LogP contribution < -0.4 is 5.32 Å². The van der Waals surface area contributed by atoms with Crippen LogP contribution in [0.4, 0.5) is 4.79 Å². The van der Waals surface area contributed by atoms with E-state index in [1.165, 1.54) is 5.56 Å². The Kier molecular flexibility index (Phi) is 5.18. The molecule has 84 valence electrons. The third kappa shape index (κ3) is 4.34. The number of unbranched alkanes of at least 4 members (excludes halogenated alkanes) is 1. The van der Waals surface area contributed by atoms with Gasteiger partial charge in [-0.1, -0.05) is 13.3 Å². The van der Waals surface area contributed by atoms with Gasteiger partial charge < -0.3 is 10.2 Å². The normalized spacial score (nSPS) is 10.0. The summed E-state index contributed by atoms with van der Waals surface area (Å²) in [5, 5.41) is 6.98. The molecule has 15 heavy (non-hydrogen) atoms. The number of carbonyl (C=O) groups excluding carboxylic acids is 1. The van der Waals surface area contributed by atoms with Crippen LogP contribution >= 0.6 is 11.3 Å². The molecule has 2 amide bonds. The highest BCUT2D eigenvalue weighted by Gasteiger charge is 2.07. The van der Waals surface area contributed by atoms with Crippen molar-refractivity contribution in [2.45, 2.75) is 26.3 Å². The van der Waals surface area contributed by atoms with Crippen LogP contribution in [0.3, 0.4) is 0 Å². The molecule has 4 heteroatoms. The molecule has 0 aliphatic carbocycles. The fraction of sp³-hybridized carbons (Fsp3) is 0.545. The average Bonchev–Trinajstić information content (AvgIpc) is 2.70. The molecule has 0 bridgehead atoms. The number of hydrogen-bond donors (Lipinski definition) is 1. The van der Waals surface area contributed by atoms with E-state index in [2.05, 4.69) is 17.6 Å². The Balaban J connectivity index is 2.27. The predicted octanol–water partition coefficient (Wildman–Crippen LogP) is 2.69. The van der Waals surface area contributed by atoms with Crippen molar-refractivity contribution in [2.24, 2.45) is 0 Å². The van der Waals surface area contributed by atoms with Crippen molar-refractivity contribution in [1.29, 1.82) is 0 Å². The Morgan fingerprint density at radius 1 is 1.60 bits per heavy atom. The first kappa shape index (κ1) is 12.0. The maximum Gasteiger partial charge on any atom is 0.317 e. The summed E-state index contributed by atoms with van der Waals surface area (Å²) >= 11 is 1.66. The summed E-state index contributed by atoms with van der Waals surface area (Å²) in [5.74, 6) is 0. The fourth-order valence-electron chi connectivity index (χ4n) is 1.24. The molecular formula is C11H18N2OS. The molecule has 0 spiro atoms. The second-order valence-corrected chi connectivity index (χ2v) is 4.35. The largest absolute Gasteiger partial charge is 0.338 e. The molecule has 0 radical (unpaired) electrons. The number of nitrogens with one attached hydrogen (secondary N) is 1. The standard InChI is InChI=1S/C11H18N2OS/c1-3-4-6-12-11(14)13(2)8-10-5-7-15-9-10/h5,7,9H,3-4,6,8H2,1-2H3,(H,12,14). The van der Waals surface area contributed by atoms with Crippen molar-refractivity contribution in [1.82, 2.24) is 10.2 Å². The molecule has 3 nitrogen and oxygen atoms in total. The van der Waals surface area contributed by atoms with Gasteiger partial charge in [0.1, 0.15) is 0 Å². The SMILES string of the molecule is CCCCNC(=O)N(C)Cc1ccsc1. The Morgan fingerprint density at radius 2 is 2.40 bits per heavy atom. The zero-order valence-electron chi connectivity index (χ0n) is 9.32. The first-order chi connectivity index (χ1) is 7.24. The van der Waals surface area contributed by atoms with E-state index < -0.39 is 0 Å². The molecule has 0 saturated heterocycles. The van der Waals surface area contributed by atoms with Crippen molar-refractivity contribution in [2.75, 3.05) is 13.6 Å². The molecular weight excluding hydrogens is 208 g/mol. The Bertz CT molecular complexity index is 285. The van der Waals surface area contributed by atoms with Crippen LogP contribution in [0.5, 0.6) is 0 Å². The molecule has 0 fully saturated rings. The number of rotatable bonds is 5. The van der Waals surface area contributed by atoms with E-state index in [-0.39, 0.29) is 6.03 Å². The van der Waals surface area contributed by atoms with Crippen molar-refractivity contribution < 1.29 is 4.79 Å². The van der Waals surface area contributed by atoms with Crippen LogP contribution in [-0.2, 0) is 6.54 Å². The second kappa shape index (κ2) is 6.45. The predicted molar refractivity (Wildman–Crippen MR) is 64.1 cm³/mol. The lowest BCUT2D eigenvalue weighted by Crippen LogP contribution is -2.37. The quantitative estimate of drug-likeness (QED) is 0.769. The summed E-state index contributed by atoms with van der Waals surface area (Å²) in [6.45, 7) is 3.56. The van der Waals surface area contributed by atoms with Crippen molar-refractivity contribution in [3.8, 4) is 0 Å². The highest BCUT2D eigenvalue weighted by Crippen LogP contribution is 2.08. The molecule has 0 atom stereocenters. The molecule has 1 heterocycles. The average molecular weight is 226 g/mol. The zero-order valence-corrected chi connectivity index (χ0v) is 10.1. The summed E-state index contributed by atoms with van der Waals surface area (Å²) < 4.78 is 0. The van der Waals surface area contributed by atoms with Gasteiger partial charge in [-0.15, -0.1) is 0 Å². The van der Waals surface area contributed by atoms with Crippen molar-refractivity contribution in [3.63, 3.8) is 0 Å². The third-order valence-corrected chi connectivity index (χ3v) is 2.89. The summed E-state index contributed by atoms with van der Waals surface area (Å²) in [7, 11) is 1.82. The summed E-state index contributed by atoms with van der Waals surface area (Å²) in [6, 6.07) is 2.05. The molecule has 1 N–H and O–H groups in total. The van der Waals surface area contributed by atoms with E-state index in [4.69, 9.17) is 0 Å². The molecule has 0 unspecified atom stereocenters. The van der Waals surface area contributed by atoms with Gasteiger partial charge in [0.05, 0.1) is 0 Å². The number of carbonyl (C=O) groups is 1. The van der Waals surface area contributed by atoms with Gasteiger partial charge in [0.2, 0.25) is 0 Å².